The third-order valence-corrected chi connectivity index (χ3v) is 5.13. The zero-order valence-corrected chi connectivity index (χ0v) is 16.3. The molecule has 0 radical (unpaired) electrons. The summed E-state index contributed by atoms with van der Waals surface area (Å²) < 4.78 is 30.4. The number of pyridine rings is 1. The summed E-state index contributed by atoms with van der Waals surface area (Å²) in [5, 5.41) is 3.54. The van der Waals surface area contributed by atoms with Gasteiger partial charge in [-0.1, -0.05) is 24.3 Å². The number of H-pyrrole nitrogens is 1. The lowest BCUT2D eigenvalue weighted by Gasteiger charge is -2.21. The Bertz CT molecular complexity index is 1490. The summed E-state index contributed by atoms with van der Waals surface area (Å²) in [6, 6.07) is 11.5. The minimum Gasteiger partial charge on any atom is -0.360 e. The molecule has 0 spiro atoms. The summed E-state index contributed by atoms with van der Waals surface area (Å²) in [4.78, 5) is 28.8. The lowest BCUT2D eigenvalue weighted by molar-refractivity contribution is 0.609. The topological polar surface area (TPSA) is 88.5 Å². The van der Waals surface area contributed by atoms with Crippen LogP contribution in [0, 0.1) is 11.6 Å². The lowest BCUT2D eigenvalue weighted by Crippen LogP contribution is -2.27. The van der Waals surface area contributed by atoms with Gasteiger partial charge in [-0.25, -0.2) is 23.7 Å². The summed E-state index contributed by atoms with van der Waals surface area (Å²) in [5.41, 5.74) is 0.916. The number of rotatable bonds is 4. The van der Waals surface area contributed by atoms with Crippen LogP contribution in [0.5, 0.6) is 0 Å². The molecule has 31 heavy (non-hydrogen) atoms. The van der Waals surface area contributed by atoms with Crippen LogP contribution in [0.2, 0.25) is 0 Å². The molecule has 9 heteroatoms. The SMILES string of the molecule is C[C@H](Nc1ncnc2[nH]cnc12)c1cc2cccc(F)c2c(=O)n1-c1ccccc1F. The van der Waals surface area contributed by atoms with E-state index in [0.29, 0.717) is 28.1 Å². The molecular formula is C22H16F2N6O. The molecule has 0 bridgehead atoms. The summed E-state index contributed by atoms with van der Waals surface area (Å²) in [7, 11) is 0. The molecule has 5 aromatic rings. The molecule has 2 aromatic carbocycles. The molecule has 0 saturated carbocycles. The highest BCUT2D eigenvalue weighted by molar-refractivity contribution is 5.84. The summed E-state index contributed by atoms with van der Waals surface area (Å²) in [5.74, 6) is -0.801. The zero-order chi connectivity index (χ0) is 21.5. The van der Waals surface area contributed by atoms with E-state index in [-0.39, 0.29) is 11.1 Å². The zero-order valence-electron chi connectivity index (χ0n) is 16.3. The first kappa shape index (κ1) is 18.9. The summed E-state index contributed by atoms with van der Waals surface area (Å²) in [6.45, 7) is 1.80. The van der Waals surface area contributed by atoms with Crippen molar-refractivity contribution in [3.8, 4) is 5.69 Å². The largest absolute Gasteiger partial charge is 0.360 e. The number of nitrogens with zero attached hydrogens (tertiary/aromatic N) is 4. The van der Waals surface area contributed by atoms with Crippen molar-refractivity contribution in [1.82, 2.24) is 24.5 Å². The average Bonchev–Trinajstić information content (AvgIpc) is 3.24. The van der Waals surface area contributed by atoms with E-state index >= 15 is 0 Å². The van der Waals surface area contributed by atoms with E-state index < -0.39 is 23.2 Å². The van der Waals surface area contributed by atoms with E-state index in [1.54, 1.807) is 25.1 Å². The highest BCUT2D eigenvalue weighted by atomic mass is 19.1. The van der Waals surface area contributed by atoms with Crippen LogP contribution >= 0.6 is 0 Å². The van der Waals surface area contributed by atoms with Gasteiger partial charge in [-0.3, -0.25) is 9.36 Å². The van der Waals surface area contributed by atoms with Crippen LogP contribution in [0.15, 0.2) is 66.0 Å². The molecule has 1 atom stereocenters. The standard InChI is InChI=1S/C22H16F2N6O/c1-12(29-21-19-20(26-10-25-19)27-11-28-21)17-9-13-5-4-7-15(24)18(13)22(31)30(17)16-8-3-2-6-14(16)23/h2-12H,1H3,(H2,25,26,27,28,29)/t12-/m0/s1. The van der Waals surface area contributed by atoms with Crippen LogP contribution in [0.25, 0.3) is 27.6 Å². The Hall–Kier alpha value is -4.14. The number of aromatic amines is 1. The van der Waals surface area contributed by atoms with E-state index in [4.69, 9.17) is 0 Å². The number of benzene rings is 2. The van der Waals surface area contributed by atoms with Crippen LogP contribution in [0.1, 0.15) is 18.7 Å². The maximum absolute atomic E-state index is 14.7. The maximum Gasteiger partial charge on any atom is 0.266 e. The molecule has 0 amide bonds. The molecule has 0 aliphatic carbocycles. The van der Waals surface area contributed by atoms with Gasteiger partial charge in [0, 0.05) is 5.69 Å². The van der Waals surface area contributed by atoms with E-state index in [2.05, 4.69) is 25.3 Å². The fourth-order valence-electron chi connectivity index (χ4n) is 3.69. The Labute approximate surface area is 174 Å². The number of fused-ring (bicyclic) bond motifs is 2. The lowest BCUT2D eigenvalue weighted by atomic mass is 10.1. The number of halogens is 2. The van der Waals surface area contributed by atoms with Gasteiger partial charge < -0.3 is 10.3 Å². The smallest absolute Gasteiger partial charge is 0.266 e. The third-order valence-electron chi connectivity index (χ3n) is 5.13. The maximum atomic E-state index is 14.7. The van der Waals surface area contributed by atoms with E-state index in [0.717, 1.165) is 0 Å². The van der Waals surface area contributed by atoms with Crippen LogP contribution in [-0.2, 0) is 0 Å². The van der Waals surface area contributed by atoms with Crippen LogP contribution in [-0.4, -0.2) is 24.5 Å². The van der Waals surface area contributed by atoms with Gasteiger partial charge in [-0.05, 0) is 36.6 Å². The van der Waals surface area contributed by atoms with Gasteiger partial charge in [0.05, 0.1) is 23.4 Å². The molecule has 5 rings (SSSR count). The molecule has 0 fully saturated rings. The molecule has 0 aliphatic rings. The molecule has 0 aliphatic heterocycles. The quantitative estimate of drug-likeness (QED) is 0.459. The molecule has 0 unspecified atom stereocenters. The number of imidazole rings is 1. The highest BCUT2D eigenvalue weighted by Gasteiger charge is 2.21. The molecule has 2 N–H and O–H groups in total. The summed E-state index contributed by atoms with van der Waals surface area (Å²) in [6.07, 6.45) is 2.89. The summed E-state index contributed by atoms with van der Waals surface area (Å²) >= 11 is 0. The van der Waals surface area contributed by atoms with E-state index in [1.807, 2.05) is 0 Å². The Balaban J connectivity index is 1.74. The van der Waals surface area contributed by atoms with Crippen LogP contribution < -0.4 is 10.9 Å². The molecular weight excluding hydrogens is 402 g/mol. The molecule has 3 heterocycles. The van der Waals surface area contributed by atoms with Gasteiger partial charge in [-0.15, -0.1) is 0 Å². The first-order chi connectivity index (χ1) is 15.0. The number of hydrogen-bond donors (Lipinski definition) is 2. The number of hydrogen-bond acceptors (Lipinski definition) is 5. The Morgan fingerprint density at radius 1 is 1.03 bits per heavy atom. The third kappa shape index (κ3) is 3.10. The Morgan fingerprint density at radius 3 is 2.68 bits per heavy atom. The first-order valence-corrected chi connectivity index (χ1v) is 9.54. The van der Waals surface area contributed by atoms with E-state index in [1.165, 1.54) is 47.6 Å². The number of aromatic nitrogens is 5. The number of anilines is 1. The Morgan fingerprint density at radius 2 is 1.84 bits per heavy atom. The van der Waals surface area contributed by atoms with E-state index in [9.17, 15) is 13.6 Å². The monoisotopic (exact) mass is 418 g/mol. The minimum absolute atomic E-state index is 0.0360. The van der Waals surface area contributed by atoms with Crippen molar-refractivity contribution >= 4 is 27.8 Å². The van der Waals surface area contributed by atoms with Gasteiger partial charge in [0.25, 0.3) is 5.56 Å². The van der Waals surface area contributed by atoms with Gasteiger partial charge >= 0.3 is 0 Å². The second kappa shape index (κ2) is 7.28. The van der Waals surface area contributed by atoms with Crippen molar-refractivity contribution in [3.63, 3.8) is 0 Å². The molecule has 7 nitrogen and oxygen atoms in total. The second-order valence-electron chi connectivity index (χ2n) is 7.05. The molecule has 0 saturated heterocycles. The van der Waals surface area contributed by atoms with Gasteiger partial charge in [-0.2, -0.15) is 0 Å². The second-order valence-corrected chi connectivity index (χ2v) is 7.05. The number of nitrogens with one attached hydrogen (secondary N) is 2. The van der Waals surface area contributed by atoms with Gasteiger partial charge in [0.1, 0.15) is 23.5 Å². The predicted molar refractivity (Wildman–Crippen MR) is 113 cm³/mol. The Kier molecular flexibility index (Phi) is 4.43. The predicted octanol–water partition coefficient (Wildman–Crippen LogP) is 4.11. The van der Waals surface area contributed by atoms with Crippen molar-refractivity contribution in [2.75, 3.05) is 5.32 Å². The van der Waals surface area contributed by atoms with Gasteiger partial charge in [0.15, 0.2) is 11.5 Å². The minimum atomic E-state index is -0.659. The highest BCUT2D eigenvalue weighted by Crippen LogP contribution is 2.27. The van der Waals surface area contributed by atoms with Gasteiger partial charge in [0.2, 0.25) is 0 Å². The average molecular weight is 418 g/mol. The van der Waals surface area contributed by atoms with Crippen LogP contribution in [0.3, 0.4) is 0 Å². The van der Waals surface area contributed by atoms with Crippen LogP contribution in [0.4, 0.5) is 14.6 Å². The van der Waals surface area contributed by atoms with Crippen molar-refractivity contribution < 1.29 is 8.78 Å². The van der Waals surface area contributed by atoms with Crippen molar-refractivity contribution in [2.24, 2.45) is 0 Å². The first-order valence-electron chi connectivity index (χ1n) is 9.54. The fraction of sp³-hybridized carbons (Fsp3) is 0.0909. The van der Waals surface area contributed by atoms with Crippen molar-refractivity contribution in [3.05, 3.63) is 88.9 Å². The van der Waals surface area contributed by atoms with Crippen molar-refractivity contribution in [1.29, 1.82) is 0 Å². The van der Waals surface area contributed by atoms with Crippen molar-refractivity contribution in [2.45, 2.75) is 13.0 Å². The molecule has 154 valence electrons. The number of para-hydroxylation sites is 1. The normalized spacial score (nSPS) is 12.4. The molecule has 3 aromatic heterocycles. The fourth-order valence-corrected chi connectivity index (χ4v) is 3.69.